The van der Waals surface area contributed by atoms with Crippen molar-refractivity contribution in [3.63, 3.8) is 0 Å². The van der Waals surface area contributed by atoms with E-state index < -0.39 is 5.97 Å². The molecule has 5 N–H and O–H groups in total. The molecule has 3 heterocycles. The van der Waals surface area contributed by atoms with Crippen molar-refractivity contribution in [2.45, 2.75) is 43.0 Å². The van der Waals surface area contributed by atoms with Crippen LogP contribution >= 0.6 is 11.8 Å². The zero-order valence-electron chi connectivity index (χ0n) is 28.5. The number of amides is 4. The SMILES string of the molecule is CN(CCN(C)C(=O)CN1CCN(CCOO)CCN(CCOO)CCN(CC(=O)O)CC1)C(=O)CCCCC1SCC2NC(=O)NC21. The molecule has 0 aromatic carbocycles. The molecular formula is C30H56N8O9S. The standard InChI is InChI=1S/C30H56N8O9S/c1-33(26(39)6-4-3-5-25-29-24(23-48-25)31-30(43)32-29)7-8-34(2)27(40)21-37-13-11-35(17-19-46-44)9-10-36(18-20-47-45)12-14-38(16-15-37)22-28(41)42/h24-25,29,44-45H,3-23H2,1-2H3,(H,41,42)(H2,31,32,43). The zero-order valence-corrected chi connectivity index (χ0v) is 29.3. The van der Waals surface area contributed by atoms with Gasteiger partial charge in [-0.1, -0.05) is 6.42 Å². The first-order chi connectivity index (χ1) is 23.1. The van der Waals surface area contributed by atoms with Crippen molar-refractivity contribution in [3.05, 3.63) is 0 Å². The number of thioether (sulfide) groups is 1. The molecule has 0 spiro atoms. The van der Waals surface area contributed by atoms with E-state index in [1.54, 1.807) is 23.9 Å². The third-order valence-corrected chi connectivity index (χ3v) is 10.8. The maximum Gasteiger partial charge on any atom is 0.317 e. The minimum absolute atomic E-state index is 0.0413. The molecule has 17 nitrogen and oxygen atoms in total. The van der Waals surface area contributed by atoms with Gasteiger partial charge in [0.05, 0.1) is 38.4 Å². The number of hydrogen-bond acceptors (Lipinski definition) is 13. The maximum atomic E-state index is 13.3. The number of carbonyl (C=O) groups excluding carboxylic acids is 3. The molecule has 0 saturated carbocycles. The molecule has 0 bridgehead atoms. The Kier molecular flexibility index (Phi) is 18.2. The highest BCUT2D eigenvalue weighted by atomic mass is 32.2. The summed E-state index contributed by atoms with van der Waals surface area (Å²) in [6, 6.07) is 0.280. The molecule has 0 aliphatic carbocycles. The number of likely N-dealkylation sites (N-methyl/N-ethyl adjacent to an activating group) is 2. The Morgan fingerprint density at radius 2 is 1.31 bits per heavy atom. The lowest BCUT2D eigenvalue weighted by Crippen LogP contribution is -2.49. The molecule has 3 unspecified atom stereocenters. The van der Waals surface area contributed by atoms with Gasteiger partial charge in [0.15, 0.2) is 0 Å². The number of hydrogen-bond donors (Lipinski definition) is 5. The number of nitrogens with one attached hydrogen (secondary N) is 2. The van der Waals surface area contributed by atoms with Gasteiger partial charge in [-0.05, 0) is 12.8 Å². The Bertz CT molecular complexity index is 1020. The number of aliphatic carboxylic acids is 1. The van der Waals surface area contributed by atoms with E-state index >= 15 is 0 Å². The van der Waals surface area contributed by atoms with Crippen LogP contribution in [0.4, 0.5) is 4.79 Å². The second-order valence-electron chi connectivity index (χ2n) is 12.8. The van der Waals surface area contributed by atoms with Crippen molar-refractivity contribution >= 4 is 35.6 Å². The summed E-state index contributed by atoms with van der Waals surface area (Å²) in [4.78, 5) is 69.2. The molecule has 3 atom stereocenters. The Hall–Kier alpha value is -2.29. The number of nitrogens with zero attached hydrogens (tertiary/aromatic N) is 6. The van der Waals surface area contributed by atoms with Crippen LogP contribution in [0.2, 0.25) is 0 Å². The first-order valence-corrected chi connectivity index (χ1v) is 17.9. The minimum Gasteiger partial charge on any atom is -0.480 e. The van der Waals surface area contributed by atoms with E-state index in [1.807, 2.05) is 21.6 Å². The quantitative estimate of drug-likeness (QED) is 0.0501. The van der Waals surface area contributed by atoms with E-state index in [-0.39, 0.29) is 56.2 Å². The van der Waals surface area contributed by atoms with Crippen molar-refractivity contribution in [1.29, 1.82) is 0 Å². The average molecular weight is 705 g/mol. The van der Waals surface area contributed by atoms with Crippen molar-refractivity contribution in [3.8, 4) is 0 Å². The van der Waals surface area contributed by atoms with Gasteiger partial charge in [-0.3, -0.25) is 44.5 Å². The molecule has 3 rings (SSSR count). The number of unbranched alkanes of at least 4 members (excludes halogenated alkanes) is 1. The van der Waals surface area contributed by atoms with Crippen molar-refractivity contribution in [1.82, 2.24) is 40.0 Å². The first kappa shape index (κ1) is 40.1. The number of carbonyl (C=O) groups is 4. The van der Waals surface area contributed by atoms with E-state index in [0.717, 1.165) is 25.0 Å². The normalized spacial score (nSPS) is 23.5. The topological polar surface area (TPSA) is 191 Å². The fourth-order valence-corrected chi connectivity index (χ4v) is 7.73. The Morgan fingerprint density at radius 1 is 0.792 bits per heavy atom. The number of urea groups is 1. The molecule has 0 aromatic heterocycles. The van der Waals surface area contributed by atoms with Gasteiger partial charge in [-0.25, -0.2) is 14.6 Å². The van der Waals surface area contributed by atoms with Crippen LogP contribution in [0.15, 0.2) is 0 Å². The molecule has 0 radical (unpaired) electrons. The predicted octanol–water partition coefficient (Wildman–Crippen LogP) is -1.09. The fourth-order valence-electron chi connectivity index (χ4n) is 6.19. The second kappa shape index (κ2) is 21.7. The number of fused-ring (bicyclic) bond motifs is 1. The third kappa shape index (κ3) is 14.3. The molecule has 3 saturated heterocycles. The maximum absolute atomic E-state index is 13.3. The lowest BCUT2D eigenvalue weighted by molar-refractivity contribution is -0.245. The van der Waals surface area contributed by atoms with Crippen LogP contribution in [-0.4, -0.2) is 211 Å². The van der Waals surface area contributed by atoms with Gasteiger partial charge >= 0.3 is 12.0 Å². The van der Waals surface area contributed by atoms with Crippen LogP contribution in [0.5, 0.6) is 0 Å². The number of carboxylic acid groups (broad SMARTS) is 1. The molecule has 3 aliphatic rings. The monoisotopic (exact) mass is 704 g/mol. The second-order valence-corrected chi connectivity index (χ2v) is 14.1. The van der Waals surface area contributed by atoms with Gasteiger partial charge in [0.2, 0.25) is 11.8 Å². The molecule has 276 valence electrons. The fraction of sp³-hybridized carbons (Fsp3) is 0.867. The van der Waals surface area contributed by atoms with E-state index in [9.17, 15) is 24.3 Å². The molecule has 48 heavy (non-hydrogen) atoms. The largest absolute Gasteiger partial charge is 0.480 e. The summed E-state index contributed by atoms with van der Waals surface area (Å²) in [6.07, 6.45) is 3.09. The summed E-state index contributed by atoms with van der Waals surface area (Å²) < 4.78 is 0. The Balaban J connectivity index is 1.45. The number of carboxylic acids is 1. The highest BCUT2D eigenvalue weighted by Gasteiger charge is 2.42. The van der Waals surface area contributed by atoms with Crippen LogP contribution in [0.3, 0.4) is 0 Å². The lowest BCUT2D eigenvalue weighted by Gasteiger charge is -2.34. The summed E-state index contributed by atoms with van der Waals surface area (Å²) in [6.45, 7) is 6.53. The van der Waals surface area contributed by atoms with E-state index in [4.69, 9.17) is 10.5 Å². The summed E-state index contributed by atoms with van der Waals surface area (Å²) in [7, 11) is 3.49. The highest BCUT2D eigenvalue weighted by molar-refractivity contribution is 8.00. The van der Waals surface area contributed by atoms with Crippen molar-refractivity contribution in [2.24, 2.45) is 0 Å². The van der Waals surface area contributed by atoms with E-state index in [1.165, 1.54) is 0 Å². The summed E-state index contributed by atoms with van der Waals surface area (Å²) in [5, 5.41) is 33.6. The predicted molar refractivity (Wildman–Crippen MR) is 180 cm³/mol. The van der Waals surface area contributed by atoms with Gasteiger partial charge in [0.1, 0.15) is 0 Å². The van der Waals surface area contributed by atoms with E-state index in [2.05, 4.69) is 30.2 Å². The molecule has 3 fully saturated rings. The molecule has 0 aromatic rings. The Morgan fingerprint density at radius 3 is 1.85 bits per heavy atom. The number of rotatable bonds is 18. The van der Waals surface area contributed by atoms with Gasteiger partial charge in [0, 0.05) is 110 Å². The zero-order chi connectivity index (χ0) is 34.9. The molecule has 4 amide bonds. The first-order valence-electron chi connectivity index (χ1n) is 16.9. The van der Waals surface area contributed by atoms with Gasteiger partial charge in [-0.15, -0.1) is 0 Å². The minimum atomic E-state index is -0.925. The lowest BCUT2D eigenvalue weighted by atomic mass is 10.0. The summed E-state index contributed by atoms with van der Waals surface area (Å²) in [5.41, 5.74) is 0. The van der Waals surface area contributed by atoms with Crippen molar-refractivity contribution in [2.75, 3.05) is 125 Å². The van der Waals surface area contributed by atoms with Crippen LogP contribution in [0.1, 0.15) is 25.7 Å². The highest BCUT2D eigenvalue weighted by Crippen LogP contribution is 2.33. The van der Waals surface area contributed by atoms with Crippen molar-refractivity contribution < 1.29 is 44.6 Å². The molecule has 3 aliphatic heterocycles. The molecular weight excluding hydrogens is 648 g/mol. The van der Waals surface area contributed by atoms with Gasteiger partial charge < -0.3 is 25.5 Å². The van der Waals surface area contributed by atoms with Crippen LogP contribution in [-0.2, 0) is 24.2 Å². The third-order valence-electron chi connectivity index (χ3n) is 9.33. The Labute approximate surface area is 287 Å². The van der Waals surface area contributed by atoms with Gasteiger partial charge in [-0.2, -0.15) is 11.8 Å². The molecule has 18 heteroatoms. The van der Waals surface area contributed by atoms with Gasteiger partial charge in [0.25, 0.3) is 0 Å². The smallest absolute Gasteiger partial charge is 0.317 e. The summed E-state index contributed by atoms with van der Waals surface area (Å²) in [5.74, 6) is -0.0523. The van der Waals surface area contributed by atoms with Crippen LogP contribution in [0.25, 0.3) is 0 Å². The summed E-state index contributed by atoms with van der Waals surface area (Å²) >= 11 is 1.87. The average Bonchev–Trinajstić information content (AvgIpc) is 3.61. The van der Waals surface area contributed by atoms with Crippen LogP contribution in [0, 0.1) is 0 Å². The van der Waals surface area contributed by atoms with Crippen LogP contribution < -0.4 is 10.6 Å². The van der Waals surface area contributed by atoms with E-state index in [0.29, 0.717) is 90.2 Å².